The maximum absolute atomic E-state index is 14.1. The van der Waals surface area contributed by atoms with Gasteiger partial charge in [-0.3, -0.25) is 14.4 Å². The van der Waals surface area contributed by atoms with Crippen LogP contribution in [0.2, 0.25) is 0 Å². The molecule has 1 aromatic heterocycles. The second-order valence-electron chi connectivity index (χ2n) is 9.80. The Balaban J connectivity index is 1.38. The number of hydrogen-bond acceptors (Lipinski definition) is 7. The quantitative estimate of drug-likeness (QED) is 0.425. The van der Waals surface area contributed by atoms with Crippen LogP contribution in [-0.2, 0) is 21.1 Å². The van der Waals surface area contributed by atoms with Crippen molar-refractivity contribution < 1.29 is 19.5 Å². The molecule has 0 radical (unpaired) electrons. The molecule has 11 heteroatoms. The minimum atomic E-state index is -0.846. The molecular weight excluding hydrogens is 492 g/mol. The van der Waals surface area contributed by atoms with E-state index in [1.807, 2.05) is 54.6 Å². The molecule has 3 N–H and O–H groups in total. The second kappa shape index (κ2) is 9.14. The lowest BCUT2D eigenvalue weighted by molar-refractivity contribution is -0.143. The molecule has 6 atom stereocenters. The van der Waals surface area contributed by atoms with Crippen molar-refractivity contribution in [2.45, 2.75) is 41.6 Å². The maximum atomic E-state index is 14.1. The number of likely N-dealkylation sites (tertiary alicyclic amines) is 1. The standard InChI is InChI=1S/C26H28N6O4S/c1-27-23(34)20-19-11-12-26(37-19)21(20)25(36)32(18(13-33)15-7-3-2-4-8-15)22(26)24(35)28-14-31-17-10-6-5-9-16(17)29-30-31/h2-10,18-22,33H,11-14H2,1H3,(H,27,34)(H,28,35)/t18-,19-,20+,21+,22?,26?/m1/s1. The van der Waals surface area contributed by atoms with Crippen molar-refractivity contribution in [3.05, 3.63) is 60.2 Å². The summed E-state index contributed by atoms with van der Waals surface area (Å²) in [6.45, 7) is -0.254. The molecule has 3 aliphatic rings. The Labute approximate surface area is 217 Å². The Kier molecular flexibility index (Phi) is 5.91. The lowest BCUT2D eigenvalue weighted by atomic mass is 9.71. The smallest absolute Gasteiger partial charge is 0.245 e. The molecule has 2 aromatic carbocycles. The van der Waals surface area contributed by atoms with Gasteiger partial charge >= 0.3 is 0 Å². The zero-order valence-corrected chi connectivity index (χ0v) is 21.1. The van der Waals surface area contributed by atoms with Crippen molar-refractivity contribution in [1.82, 2.24) is 30.5 Å². The Morgan fingerprint density at radius 2 is 1.92 bits per heavy atom. The average molecular weight is 521 g/mol. The molecule has 0 aliphatic carbocycles. The van der Waals surface area contributed by atoms with Gasteiger partial charge in [-0.2, -0.15) is 0 Å². The third kappa shape index (κ3) is 3.55. The number of para-hydroxylation sites is 1. The summed E-state index contributed by atoms with van der Waals surface area (Å²) in [5.41, 5.74) is 2.24. The molecule has 37 heavy (non-hydrogen) atoms. The van der Waals surface area contributed by atoms with E-state index in [9.17, 15) is 19.5 Å². The predicted molar refractivity (Wildman–Crippen MR) is 137 cm³/mol. The van der Waals surface area contributed by atoms with Crippen LogP contribution in [0.4, 0.5) is 0 Å². The highest BCUT2D eigenvalue weighted by molar-refractivity contribution is 8.02. The molecule has 3 fully saturated rings. The SMILES string of the molecule is CNC(=O)[C@@H]1[C@H]2C(=O)N([C@H](CO)c3ccccc3)C(C(=O)NCn3nnc4ccccc43)C23CC[C@H]1S3. The van der Waals surface area contributed by atoms with Crippen molar-refractivity contribution in [2.24, 2.45) is 11.8 Å². The van der Waals surface area contributed by atoms with Gasteiger partial charge in [0.25, 0.3) is 0 Å². The van der Waals surface area contributed by atoms with Gasteiger partial charge < -0.3 is 20.6 Å². The Bertz CT molecular complexity index is 1370. The van der Waals surface area contributed by atoms with Gasteiger partial charge in [-0.15, -0.1) is 16.9 Å². The molecule has 3 amide bonds. The van der Waals surface area contributed by atoms with Gasteiger partial charge in [0.05, 0.1) is 34.7 Å². The summed E-state index contributed by atoms with van der Waals surface area (Å²) in [5.74, 6) is -1.89. The molecule has 3 saturated heterocycles. The summed E-state index contributed by atoms with van der Waals surface area (Å²) in [6.07, 6.45) is 1.41. The number of carbonyl (C=O) groups is 3. The number of carbonyl (C=O) groups excluding carboxylic acids is 3. The van der Waals surface area contributed by atoms with Gasteiger partial charge in [-0.1, -0.05) is 47.7 Å². The van der Waals surface area contributed by atoms with Gasteiger partial charge in [0.2, 0.25) is 17.7 Å². The number of aromatic nitrogens is 3. The zero-order valence-electron chi connectivity index (χ0n) is 20.3. The number of nitrogens with zero attached hydrogens (tertiary/aromatic N) is 4. The third-order valence-corrected chi connectivity index (χ3v) is 10.0. The fourth-order valence-corrected chi connectivity index (χ4v) is 8.71. The van der Waals surface area contributed by atoms with Crippen molar-refractivity contribution in [1.29, 1.82) is 0 Å². The highest BCUT2D eigenvalue weighted by Gasteiger charge is 2.74. The Hall–Kier alpha value is -3.44. The summed E-state index contributed by atoms with van der Waals surface area (Å²) < 4.78 is 0.867. The lowest BCUT2D eigenvalue weighted by Gasteiger charge is -2.37. The van der Waals surface area contributed by atoms with Crippen LogP contribution < -0.4 is 10.6 Å². The van der Waals surface area contributed by atoms with E-state index in [1.165, 1.54) is 0 Å². The first kappa shape index (κ1) is 23.9. The number of thioether (sulfide) groups is 1. The number of aliphatic hydroxyl groups is 1. The maximum Gasteiger partial charge on any atom is 0.245 e. The Morgan fingerprint density at radius 1 is 1.16 bits per heavy atom. The normalized spacial score (nSPS) is 28.9. The highest BCUT2D eigenvalue weighted by atomic mass is 32.2. The number of fused-ring (bicyclic) bond motifs is 2. The van der Waals surface area contributed by atoms with E-state index in [4.69, 9.17) is 0 Å². The number of hydrogen-bond donors (Lipinski definition) is 3. The number of amides is 3. The molecule has 10 nitrogen and oxygen atoms in total. The summed E-state index contributed by atoms with van der Waals surface area (Å²) >= 11 is 1.59. The van der Waals surface area contributed by atoms with Crippen LogP contribution in [-0.4, -0.2) is 72.4 Å². The summed E-state index contributed by atoms with van der Waals surface area (Å²) in [4.78, 5) is 42.6. The minimum absolute atomic E-state index is 0.0186. The van der Waals surface area contributed by atoms with Gasteiger partial charge in [0.15, 0.2) is 0 Å². The largest absolute Gasteiger partial charge is 0.394 e. The molecular formula is C26H28N6O4S. The van der Waals surface area contributed by atoms with E-state index in [1.54, 1.807) is 28.4 Å². The molecule has 192 valence electrons. The molecule has 2 bridgehead atoms. The first-order valence-electron chi connectivity index (χ1n) is 12.4. The molecule has 4 heterocycles. The lowest BCUT2D eigenvalue weighted by Crippen LogP contribution is -2.54. The number of benzene rings is 2. The number of rotatable bonds is 7. The van der Waals surface area contributed by atoms with Crippen LogP contribution in [0.5, 0.6) is 0 Å². The van der Waals surface area contributed by atoms with E-state index in [2.05, 4.69) is 20.9 Å². The predicted octanol–water partition coefficient (Wildman–Crippen LogP) is 1.08. The van der Waals surface area contributed by atoms with Crippen molar-refractivity contribution in [3.8, 4) is 0 Å². The van der Waals surface area contributed by atoms with E-state index < -0.39 is 28.7 Å². The van der Waals surface area contributed by atoms with Gasteiger partial charge in [-0.25, -0.2) is 4.68 Å². The molecule has 6 rings (SSSR count). The first-order chi connectivity index (χ1) is 18.0. The summed E-state index contributed by atoms with van der Waals surface area (Å²) in [6, 6.07) is 15.2. The van der Waals surface area contributed by atoms with Crippen LogP contribution in [0.1, 0.15) is 24.4 Å². The number of aliphatic hydroxyl groups excluding tert-OH is 1. The van der Waals surface area contributed by atoms with Crippen LogP contribution in [0, 0.1) is 11.8 Å². The van der Waals surface area contributed by atoms with E-state index in [-0.39, 0.29) is 36.2 Å². The van der Waals surface area contributed by atoms with Crippen molar-refractivity contribution in [3.63, 3.8) is 0 Å². The van der Waals surface area contributed by atoms with Crippen LogP contribution in [0.3, 0.4) is 0 Å². The third-order valence-electron chi connectivity index (χ3n) is 8.05. The monoisotopic (exact) mass is 520 g/mol. The fourth-order valence-electron chi connectivity index (χ4n) is 6.51. The first-order valence-corrected chi connectivity index (χ1v) is 13.3. The van der Waals surface area contributed by atoms with E-state index in [0.29, 0.717) is 6.42 Å². The molecule has 0 saturated carbocycles. The second-order valence-corrected chi connectivity index (χ2v) is 11.4. The average Bonchev–Trinajstić information content (AvgIpc) is 3.68. The van der Waals surface area contributed by atoms with E-state index in [0.717, 1.165) is 23.0 Å². The van der Waals surface area contributed by atoms with Gasteiger partial charge in [0.1, 0.15) is 18.2 Å². The number of nitrogens with one attached hydrogen (secondary N) is 2. The molecule has 1 spiro atoms. The molecule has 2 unspecified atom stereocenters. The van der Waals surface area contributed by atoms with Crippen LogP contribution in [0.15, 0.2) is 54.6 Å². The summed E-state index contributed by atoms with van der Waals surface area (Å²) in [7, 11) is 1.58. The van der Waals surface area contributed by atoms with Crippen LogP contribution >= 0.6 is 11.8 Å². The van der Waals surface area contributed by atoms with Crippen LogP contribution in [0.25, 0.3) is 11.0 Å². The van der Waals surface area contributed by atoms with Crippen molar-refractivity contribution in [2.75, 3.05) is 13.7 Å². The zero-order chi connectivity index (χ0) is 25.7. The summed E-state index contributed by atoms with van der Waals surface area (Å²) in [5, 5.41) is 24.5. The minimum Gasteiger partial charge on any atom is -0.394 e. The topological polar surface area (TPSA) is 129 Å². The van der Waals surface area contributed by atoms with Gasteiger partial charge in [-0.05, 0) is 30.5 Å². The molecule has 3 aromatic rings. The molecule has 3 aliphatic heterocycles. The Morgan fingerprint density at radius 3 is 2.68 bits per heavy atom. The van der Waals surface area contributed by atoms with Gasteiger partial charge in [0, 0.05) is 12.3 Å². The van der Waals surface area contributed by atoms with E-state index >= 15 is 0 Å². The highest BCUT2D eigenvalue weighted by Crippen LogP contribution is 2.67. The fraction of sp³-hybridized carbons (Fsp3) is 0.423. The van der Waals surface area contributed by atoms with Crippen molar-refractivity contribution >= 4 is 40.5 Å².